The first kappa shape index (κ1) is 20.4. The number of hydrogen-bond acceptors (Lipinski definition) is 2. The second kappa shape index (κ2) is 9.76. The van der Waals surface area contributed by atoms with Crippen LogP contribution in [0.25, 0.3) is 11.1 Å². The van der Waals surface area contributed by atoms with Gasteiger partial charge in [-0.3, -0.25) is 4.90 Å². The smallest absolute Gasteiger partial charge is 0.125 e. The van der Waals surface area contributed by atoms with Crippen LogP contribution in [-0.4, -0.2) is 29.6 Å². The predicted octanol–water partition coefficient (Wildman–Crippen LogP) is 5.47. The van der Waals surface area contributed by atoms with Crippen LogP contribution in [0.15, 0.2) is 84.9 Å². The maximum atomic E-state index is 11.7. The first-order valence-corrected chi connectivity index (χ1v) is 10.9. The Hall–Kier alpha value is -2.86. The lowest BCUT2D eigenvalue weighted by molar-refractivity contribution is 0.0865. The fraction of sp³-hybridized carbons (Fsp3) is 0.286. The van der Waals surface area contributed by atoms with Crippen molar-refractivity contribution in [3.63, 3.8) is 0 Å². The summed E-state index contributed by atoms with van der Waals surface area (Å²) < 4.78 is 0. The van der Waals surface area contributed by atoms with Crippen LogP contribution in [-0.2, 0) is 5.60 Å². The van der Waals surface area contributed by atoms with Crippen molar-refractivity contribution in [1.29, 1.82) is 0 Å². The fourth-order valence-electron chi connectivity index (χ4n) is 4.13. The number of piperidine rings is 1. The molecule has 2 heteroatoms. The Morgan fingerprint density at radius 3 is 1.90 bits per heavy atom. The highest BCUT2D eigenvalue weighted by Gasteiger charge is 2.30. The number of nitrogens with zero attached hydrogens (tertiary/aromatic N) is 1. The summed E-state index contributed by atoms with van der Waals surface area (Å²) in [5.74, 6) is 6.58. The van der Waals surface area contributed by atoms with Crippen LogP contribution >= 0.6 is 0 Å². The van der Waals surface area contributed by atoms with Crippen molar-refractivity contribution in [2.45, 2.75) is 31.3 Å². The maximum Gasteiger partial charge on any atom is 0.125 e. The van der Waals surface area contributed by atoms with E-state index in [9.17, 15) is 5.11 Å². The predicted molar refractivity (Wildman–Crippen MR) is 124 cm³/mol. The lowest BCUT2D eigenvalue weighted by Gasteiger charge is -2.28. The zero-order valence-corrected chi connectivity index (χ0v) is 17.4. The molecule has 1 N–H and O–H groups in total. The third-order valence-electron chi connectivity index (χ3n) is 5.94. The van der Waals surface area contributed by atoms with Gasteiger partial charge in [0.25, 0.3) is 0 Å². The molecular formula is C28H29NO. The number of hydrogen-bond donors (Lipinski definition) is 1. The summed E-state index contributed by atoms with van der Waals surface area (Å²) in [6, 6.07) is 28.4. The molecule has 2 nitrogen and oxygen atoms in total. The molecule has 0 aromatic heterocycles. The van der Waals surface area contributed by atoms with E-state index < -0.39 is 5.60 Å². The minimum Gasteiger partial charge on any atom is -0.379 e. The van der Waals surface area contributed by atoms with Gasteiger partial charge < -0.3 is 5.11 Å². The quantitative estimate of drug-likeness (QED) is 0.579. The minimum atomic E-state index is -1.12. The van der Waals surface area contributed by atoms with Crippen LogP contribution in [0.1, 0.15) is 36.8 Å². The second-order valence-electron chi connectivity index (χ2n) is 8.04. The van der Waals surface area contributed by atoms with Crippen LogP contribution in [0.5, 0.6) is 0 Å². The standard InChI is InChI=1S/C28H29NO/c30-28(26-14-6-2-7-15-26,20-8-11-23-29-21-9-3-10-22-29)27-18-16-25(17-19-27)24-12-4-1-5-13-24/h1-2,4-7,12-19,30H,3,9-10,20-23H2. The van der Waals surface area contributed by atoms with Crippen LogP contribution < -0.4 is 0 Å². The molecule has 1 saturated heterocycles. The Morgan fingerprint density at radius 2 is 1.23 bits per heavy atom. The molecule has 1 unspecified atom stereocenters. The number of likely N-dealkylation sites (tertiary alicyclic amines) is 1. The number of aliphatic hydroxyl groups is 1. The molecule has 0 radical (unpaired) electrons. The molecule has 0 bridgehead atoms. The Balaban J connectivity index is 1.57. The van der Waals surface area contributed by atoms with Gasteiger partial charge in [0.2, 0.25) is 0 Å². The summed E-state index contributed by atoms with van der Waals surface area (Å²) in [5, 5.41) is 11.7. The van der Waals surface area contributed by atoms with Crippen molar-refractivity contribution in [2.24, 2.45) is 0 Å². The lowest BCUT2D eigenvalue weighted by atomic mass is 9.83. The normalized spacial score (nSPS) is 16.3. The van der Waals surface area contributed by atoms with Crippen LogP contribution in [0.2, 0.25) is 0 Å². The van der Waals surface area contributed by atoms with E-state index in [4.69, 9.17) is 0 Å². The molecule has 1 fully saturated rings. The van der Waals surface area contributed by atoms with Gasteiger partial charge in [0, 0.05) is 6.42 Å². The van der Waals surface area contributed by atoms with Gasteiger partial charge in [-0.1, -0.05) is 103 Å². The molecule has 1 atom stereocenters. The van der Waals surface area contributed by atoms with Gasteiger partial charge in [0.05, 0.1) is 6.54 Å². The Kier molecular flexibility index (Phi) is 6.64. The van der Waals surface area contributed by atoms with E-state index in [0.717, 1.165) is 36.3 Å². The first-order valence-electron chi connectivity index (χ1n) is 10.9. The molecule has 152 valence electrons. The summed E-state index contributed by atoms with van der Waals surface area (Å²) in [6.45, 7) is 3.06. The second-order valence-corrected chi connectivity index (χ2v) is 8.04. The third kappa shape index (κ3) is 4.82. The summed E-state index contributed by atoms with van der Waals surface area (Å²) in [5.41, 5.74) is 2.95. The van der Waals surface area contributed by atoms with Crippen LogP contribution in [0.3, 0.4) is 0 Å². The summed E-state index contributed by atoms with van der Waals surface area (Å²) >= 11 is 0. The highest BCUT2D eigenvalue weighted by atomic mass is 16.3. The highest BCUT2D eigenvalue weighted by molar-refractivity contribution is 5.64. The molecule has 1 heterocycles. The molecule has 0 amide bonds. The Morgan fingerprint density at radius 1 is 0.667 bits per heavy atom. The zero-order chi connectivity index (χ0) is 20.7. The lowest BCUT2D eigenvalue weighted by Crippen LogP contribution is -2.30. The third-order valence-corrected chi connectivity index (χ3v) is 5.94. The van der Waals surface area contributed by atoms with Crippen molar-refractivity contribution in [3.05, 3.63) is 96.1 Å². The van der Waals surface area contributed by atoms with Gasteiger partial charge in [0.1, 0.15) is 5.60 Å². The average molecular weight is 396 g/mol. The van der Waals surface area contributed by atoms with E-state index in [-0.39, 0.29) is 0 Å². The first-order chi connectivity index (χ1) is 14.8. The average Bonchev–Trinajstić information content (AvgIpc) is 2.83. The monoisotopic (exact) mass is 395 g/mol. The Labute approximate surface area is 180 Å². The van der Waals surface area contributed by atoms with Gasteiger partial charge in [-0.15, -0.1) is 0 Å². The van der Waals surface area contributed by atoms with E-state index in [1.165, 1.54) is 24.8 Å². The van der Waals surface area contributed by atoms with E-state index in [1.54, 1.807) is 0 Å². The largest absolute Gasteiger partial charge is 0.379 e. The van der Waals surface area contributed by atoms with Crippen molar-refractivity contribution < 1.29 is 5.11 Å². The zero-order valence-electron chi connectivity index (χ0n) is 17.4. The van der Waals surface area contributed by atoms with Gasteiger partial charge in [-0.2, -0.15) is 0 Å². The fourth-order valence-corrected chi connectivity index (χ4v) is 4.13. The SMILES string of the molecule is OC(CC#CCN1CCCCC1)(c1ccccc1)c1ccc(-c2ccccc2)cc1. The van der Waals surface area contributed by atoms with Crippen molar-refractivity contribution >= 4 is 0 Å². The maximum absolute atomic E-state index is 11.7. The molecule has 1 aliphatic rings. The minimum absolute atomic E-state index is 0.384. The summed E-state index contributed by atoms with van der Waals surface area (Å²) in [7, 11) is 0. The van der Waals surface area contributed by atoms with Gasteiger partial charge in [-0.25, -0.2) is 0 Å². The van der Waals surface area contributed by atoms with Crippen LogP contribution in [0, 0.1) is 11.8 Å². The van der Waals surface area contributed by atoms with Crippen molar-refractivity contribution in [2.75, 3.05) is 19.6 Å². The van der Waals surface area contributed by atoms with E-state index in [1.807, 2.05) is 60.7 Å². The molecule has 1 aliphatic heterocycles. The van der Waals surface area contributed by atoms with Crippen molar-refractivity contribution in [1.82, 2.24) is 4.90 Å². The van der Waals surface area contributed by atoms with Crippen molar-refractivity contribution in [3.8, 4) is 23.0 Å². The molecule has 30 heavy (non-hydrogen) atoms. The summed E-state index contributed by atoms with van der Waals surface area (Å²) in [4.78, 5) is 2.41. The molecule has 4 rings (SSSR count). The van der Waals surface area contributed by atoms with E-state index >= 15 is 0 Å². The van der Waals surface area contributed by atoms with E-state index in [0.29, 0.717) is 6.42 Å². The van der Waals surface area contributed by atoms with Gasteiger partial charge in [-0.05, 0) is 48.2 Å². The van der Waals surface area contributed by atoms with Gasteiger partial charge >= 0.3 is 0 Å². The molecule has 0 saturated carbocycles. The molecule has 0 spiro atoms. The Bertz CT molecular complexity index is 980. The van der Waals surface area contributed by atoms with E-state index in [2.05, 4.69) is 41.0 Å². The number of rotatable bonds is 5. The highest BCUT2D eigenvalue weighted by Crippen LogP contribution is 2.34. The molecule has 0 aliphatic carbocycles. The summed E-state index contributed by atoms with van der Waals surface area (Å²) in [6.07, 6.45) is 4.25. The van der Waals surface area contributed by atoms with Gasteiger partial charge in [0.15, 0.2) is 0 Å². The topological polar surface area (TPSA) is 23.5 Å². The van der Waals surface area contributed by atoms with Crippen LogP contribution in [0.4, 0.5) is 0 Å². The molecule has 3 aromatic rings. The molecular weight excluding hydrogens is 366 g/mol. The molecule has 3 aromatic carbocycles. The number of benzene rings is 3.